The third-order valence-electron chi connectivity index (χ3n) is 5.35. The standard InChI is InChI=1S/C24H25N7O2/c1-2-20(32)31-12-6-7-16(14-31)30-24-21(23(26)28-15-29-24)22(25)19-11-10-18(13-27-19)33-17-8-4-3-5-9-17/h2-5,8-11,13,15-16,25H,1,6-7,12,14H2,(H3,26,28,29,30)/t16-/m1/s1. The van der Waals surface area contributed by atoms with E-state index in [0.717, 1.165) is 12.8 Å². The highest BCUT2D eigenvalue weighted by Gasteiger charge is 2.25. The number of pyridine rings is 1. The fourth-order valence-electron chi connectivity index (χ4n) is 3.71. The lowest BCUT2D eigenvalue weighted by Gasteiger charge is -2.33. The van der Waals surface area contributed by atoms with E-state index in [1.54, 1.807) is 23.2 Å². The van der Waals surface area contributed by atoms with Crippen molar-refractivity contribution in [3.8, 4) is 11.5 Å². The number of carbonyl (C=O) groups excluding carboxylic acids is 1. The number of nitrogens with zero attached hydrogens (tertiary/aromatic N) is 4. The van der Waals surface area contributed by atoms with Gasteiger partial charge in [-0.2, -0.15) is 0 Å². The Kier molecular flexibility index (Phi) is 6.58. The summed E-state index contributed by atoms with van der Waals surface area (Å²) in [6.45, 7) is 4.78. The Morgan fingerprint density at radius 2 is 2.00 bits per heavy atom. The highest BCUT2D eigenvalue weighted by molar-refractivity contribution is 6.15. The summed E-state index contributed by atoms with van der Waals surface area (Å²) in [7, 11) is 0. The number of aromatic nitrogens is 3. The predicted molar refractivity (Wildman–Crippen MR) is 127 cm³/mol. The minimum absolute atomic E-state index is 0.0295. The van der Waals surface area contributed by atoms with Crippen LogP contribution < -0.4 is 15.8 Å². The van der Waals surface area contributed by atoms with Gasteiger partial charge in [0, 0.05) is 19.1 Å². The van der Waals surface area contributed by atoms with E-state index in [9.17, 15) is 4.79 Å². The molecule has 2 aromatic heterocycles. The monoisotopic (exact) mass is 443 g/mol. The number of para-hydroxylation sites is 1. The molecule has 33 heavy (non-hydrogen) atoms. The second-order valence-electron chi connectivity index (χ2n) is 7.62. The van der Waals surface area contributed by atoms with Crippen molar-refractivity contribution in [2.24, 2.45) is 0 Å². The van der Waals surface area contributed by atoms with Crippen molar-refractivity contribution in [3.63, 3.8) is 0 Å². The van der Waals surface area contributed by atoms with Crippen molar-refractivity contribution in [2.45, 2.75) is 18.9 Å². The van der Waals surface area contributed by atoms with Crippen LogP contribution in [-0.2, 0) is 4.79 Å². The van der Waals surface area contributed by atoms with Crippen LogP contribution in [-0.4, -0.2) is 50.6 Å². The number of rotatable bonds is 7. The summed E-state index contributed by atoms with van der Waals surface area (Å²) in [5, 5.41) is 12.1. The summed E-state index contributed by atoms with van der Waals surface area (Å²) in [4.78, 5) is 26.5. The molecule has 0 radical (unpaired) electrons. The minimum atomic E-state index is -0.0984. The normalized spacial score (nSPS) is 15.5. The molecule has 168 valence electrons. The number of likely N-dealkylation sites (tertiary alicyclic amines) is 1. The number of anilines is 2. The predicted octanol–water partition coefficient (Wildman–Crippen LogP) is 3.25. The molecule has 0 unspecified atom stereocenters. The quantitative estimate of drug-likeness (QED) is 0.377. The average Bonchev–Trinajstić information content (AvgIpc) is 2.84. The number of nitrogens with one attached hydrogen (secondary N) is 2. The molecule has 4 rings (SSSR count). The fraction of sp³-hybridized carbons (Fsp3) is 0.208. The zero-order valence-electron chi connectivity index (χ0n) is 18.1. The molecule has 4 N–H and O–H groups in total. The van der Waals surface area contributed by atoms with Crippen LogP contribution in [0.2, 0.25) is 0 Å². The van der Waals surface area contributed by atoms with Crippen LogP contribution >= 0.6 is 0 Å². The number of amides is 1. The molecule has 1 aliphatic rings. The van der Waals surface area contributed by atoms with Crippen LogP contribution in [0.15, 0.2) is 67.6 Å². The second-order valence-corrected chi connectivity index (χ2v) is 7.62. The summed E-state index contributed by atoms with van der Waals surface area (Å²) >= 11 is 0. The van der Waals surface area contributed by atoms with Crippen LogP contribution in [0.5, 0.6) is 11.5 Å². The van der Waals surface area contributed by atoms with E-state index in [4.69, 9.17) is 15.9 Å². The van der Waals surface area contributed by atoms with Crippen molar-refractivity contribution in [3.05, 3.63) is 78.9 Å². The van der Waals surface area contributed by atoms with Gasteiger partial charge in [-0.05, 0) is 43.2 Å². The molecule has 0 spiro atoms. The maximum Gasteiger partial charge on any atom is 0.246 e. The molecule has 1 fully saturated rings. The highest BCUT2D eigenvalue weighted by Crippen LogP contribution is 2.25. The van der Waals surface area contributed by atoms with E-state index in [2.05, 4.69) is 26.8 Å². The Labute approximate surface area is 191 Å². The summed E-state index contributed by atoms with van der Waals surface area (Å²) in [5.41, 5.74) is 7.00. The lowest BCUT2D eigenvalue weighted by atomic mass is 10.0. The van der Waals surface area contributed by atoms with Gasteiger partial charge in [-0.1, -0.05) is 24.8 Å². The van der Waals surface area contributed by atoms with Crippen molar-refractivity contribution in [1.82, 2.24) is 19.9 Å². The van der Waals surface area contributed by atoms with E-state index in [1.807, 2.05) is 30.3 Å². The largest absolute Gasteiger partial charge is 0.456 e. The molecule has 1 amide bonds. The number of ether oxygens (including phenoxy) is 1. The van der Waals surface area contributed by atoms with Crippen molar-refractivity contribution in [2.75, 3.05) is 24.1 Å². The van der Waals surface area contributed by atoms with Gasteiger partial charge in [0.2, 0.25) is 5.91 Å². The summed E-state index contributed by atoms with van der Waals surface area (Å²) < 4.78 is 5.77. The molecule has 1 aliphatic heterocycles. The lowest BCUT2D eigenvalue weighted by Crippen LogP contribution is -2.44. The number of hydrogen-bond acceptors (Lipinski definition) is 8. The van der Waals surface area contributed by atoms with Crippen LogP contribution in [0.3, 0.4) is 0 Å². The van der Waals surface area contributed by atoms with Gasteiger partial charge in [0.15, 0.2) is 0 Å². The molecule has 0 bridgehead atoms. The van der Waals surface area contributed by atoms with E-state index < -0.39 is 0 Å². The van der Waals surface area contributed by atoms with Gasteiger partial charge in [0.25, 0.3) is 0 Å². The number of hydrogen-bond donors (Lipinski definition) is 3. The number of nitrogens with two attached hydrogens (primary N) is 1. The van der Waals surface area contributed by atoms with E-state index >= 15 is 0 Å². The van der Waals surface area contributed by atoms with Gasteiger partial charge < -0.3 is 20.7 Å². The first-order valence-corrected chi connectivity index (χ1v) is 10.6. The van der Waals surface area contributed by atoms with Crippen molar-refractivity contribution < 1.29 is 9.53 Å². The number of nitrogen functional groups attached to an aromatic ring is 1. The molecule has 9 heteroatoms. The highest BCUT2D eigenvalue weighted by atomic mass is 16.5. The lowest BCUT2D eigenvalue weighted by molar-refractivity contribution is -0.127. The van der Waals surface area contributed by atoms with Gasteiger partial charge in [-0.25, -0.2) is 9.97 Å². The molecule has 1 atom stereocenters. The van der Waals surface area contributed by atoms with Gasteiger partial charge >= 0.3 is 0 Å². The molecular formula is C24H25N7O2. The SMILES string of the molecule is C=CC(=O)N1CCC[C@@H](Nc2ncnc(N)c2C(=N)c2ccc(Oc3ccccc3)cn2)C1. The summed E-state index contributed by atoms with van der Waals surface area (Å²) in [6, 6.07) is 12.8. The topological polar surface area (TPSA) is 130 Å². The smallest absolute Gasteiger partial charge is 0.246 e. The molecule has 1 aromatic carbocycles. The van der Waals surface area contributed by atoms with E-state index in [-0.39, 0.29) is 23.5 Å². The summed E-state index contributed by atoms with van der Waals surface area (Å²) in [6.07, 6.45) is 5.96. The van der Waals surface area contributed by atoms with E-state index in [1.165, 1.54) is 12.4 Å². The van der Waals surface area contributed by atoms with Gasteiger partial charge in [-0.15, -0.1) is 0 Å². The molecular weight excluding hydrogens is 418 g/mol. The van der Waals surface area contributed by atoms with E-state index in [0.29, 0.717) is 41.7 Å². The van der Waals surface area contributed by atoms with Gasteiger partial charge in [0.05, 0.1) is 23.2 Å². The molecule has 3 aromatic rings. The van der Waals surface area contributed by atoms with Gasteiger partial charge in [-0.3, -0.25) is 15.2 Å². The molecule has 9 nitrogen and oxygen atoms in total. The minimum Gasteiger partial charge on any atom is -0.456 e. The Balaban J connectivity index is 1.52. The summed E-state index contributed by atoms with van der Waals surface area (Å²) in [5.74, 6) is 1.78. The Morgan fingerprint density at radius 3 is 2.73 bits per heavy atom. The fourth-order valence-corrected chi connectivity index (χ4v) is 3.71. The zero-order valence-corrected chi connectivity index (χ0v) is 18.1. The van der Waals surface area contributed by atoms with Crippen molar-refractivity contribution in [1.29, 1.82) is 5.41 Å². The Morgan fingerprint density at radius 1 is 1.18 bits per heavy atom. The first kappa shape index (κ1) is 21.9. The first-order chi connectivity index (χ1) is 16.0. The number of piperidine rings is 1. The van der Waals surface area contributed by atoms with Crippen LogP contribution in [0.1, 0.15) is 24.1 Å². The Bertz CT molecular complexity index is 1150. The molecule has 0 aliphatic carbocycles. The molecule has 1 saturated heterocycles. The third-order valence-corrected chi connectivity index (χ3v) is 5.35. The second kappa shape index (κ2) is 9.90. The van der Waals surface area contributed by atoms with Crippen LogP contribution in [0, 0.1) is 5.41 Å². The average molecular weight is 444 g/mol. The Hall–Kier alpha value is -4.27. The number of benzene rings is 1. The van der Waals surface area contributed by atoms with Crippen LogP contribution in [0.25, 0.3) is 0 Å². The maximum atomic E-state index is 12.0. The maximum absolute atomic E-state index is 12.0. The van der Waals surface area contributed by atoms with Gasteiger partial charge in [0.1, 0.15) is 29.5 Å². The van der Waals surface area contributed by atoms with Crippen molar-refractivity contribution >= 4 is 23.3 Å². The van der Waals surface area contributed by atoms with Crippen LogP contribution in [0.4, 0.5) is 11.6 Å². The molecule has 3 heterocycles. The molecule has 0 saturated carbocycles. The first-order valence-electron chi connectivity index (χ1n) is 10.6. The zero-order chi connectivity index (χ0) is 23.2. The number of carbonyl (C=O) groups is 1. The third kappa shape index (κ3) is 5.15.